The molecule has 1 atom stereocenters. The quantitative estimate of drug-likeness (QED) is 0.288. The molecule has 7 nitrogen and oxygen atoms in total. The Morgan fingerprint density at radius 3 is 2.52 bits per heavy atom. The maximum absolute atomic E-state index is 12.4. The second-order valence-corrected chi connectivity index (χ2v) is 6.65. The first-order valence-corrected chi connectivity index (χ1v) is 9.14. The second kappa shape index (κ2) is 10.0. The van der Waals surface area contributed by atoms with Crippen molar-refractivity contribution in [1.29, 1.82) is 0 Å². The summed E-state index contributed by atoms with van der Waals surface area (Å²) in [6.07, 6.45) is 1.07. The number of carbonyl (C=O) groups is 2. The van der Waals surface area contributed by atoms with Crippen LogP contribution >= 0.6 is 24.0 Å². The molecule has 2 heterocycles. The van der Waals surface area contributed by atoms with Gasteiger partial charge in [0, 0.05) is 39.2 Å². The van der Waals surface area contributed by atoms with Gasteiger partial charge in [0.15, 0.2) is 5.96 Å². The topological polar surface area (TPSA) is 74.2 Å². The molecular formula is C19H27IN4O3. The minimum absolute atomic E-state index is 0. The average molecular weight is 486 g/mol. The van der Waals surface area contributed by atoms with Crippen LogP contribution in [0.15, 0.2) is 29.3 Å². The Labute approximate surface area is 177 Å². The predicted octanol–water partition coefficient (Wildman–Crippen LogP) is 1.83. The van der Waals surface area contributed by atoms with Crippen LogP contribution in [0, 0.1) is 5.92 Å². The van der Waals surface area contributed by atoms with E-state index in [1.807, 2.05) is 14.0 Å². The normalized spacial score (nSPS) is 19.1. The molecule has 1 aromatic carbocycles. The van der Waals surface area contributed by atoms with Gasteiger partial charge in [-0.1, -0.05) is 12.1 Å². The number of carbonyl (C=O) groups excluding carboxylic acids is 2. The van der Waals surface area contributed by atoms with E-state index < -0.39 is 0 Å². The molecule has 1 fully saturated rings. The number of benzene rings is 1. The zero-order chi connectivity index (χ0) is 18.5. The molecule has 2 aliphatic heterocycles. The molecule has 0 spiro atoms. The lowest BCUT2D eigenvalue weighted by atomic mass is 10.1. The minimum atomic E-state index is -0.234. The van der Waals surface area contributed by atoms with Gasteiger partial charge in [-0.3, -0.25) is 19.5 Å². The summed E-state index contributed by atoms with van der Waals surface area (Å²) in [4.78, 5) is 32.7. The summed E-state index contributed by atoms with van der Waals surface area (Å²) in [6.45, 7) is 5.92. The summed E-state index contributed by atoms with van der Waals surface area (Å²) in [7, 11) is 2.00. The van der Waals surface area contributed by atoms with Crippen molar-refractivity contribution in [1.82, 2.24) is 15.1 Å². The molecule has 27 heavy (non-hydrogen) atoms. The first kappa shape index (κ1) is 21.6. The van der Waals surface area contributed by atoms with Crippen LogP contribution in [0.4, 0.5) is 0 Å². The van der Waals surface area contributed by atoms with E-state index >= 15 is 0 Å². The van der Waals surface area contributed by atoms with Crippen molar-refractivity contribution in [2.75, 3.05) is 46.4 Å². The van der Waals surface area contributed by atoms with E-state index in [0.717, 1.165) is 38.7 Å². The molecule has 0 saturated carbocycles. The fourth-order valence-electron chi connectivity index (χ4n) is 3.37. The predicted molar refractivity (Wildman–Crippen MR) is 115 cm³/mol. The van der Waals surface area contributed by atoms with Crippen molar-refractivity contribution >= 4 is 41.8 Å². The van der Waals surface area contributed by atoms with Crippen molar-refractivity contribution in [2.45, 2.75) is 13.3 Å². The van der Waals surface area contributed by atoms with Crippen LogP contribution in [0.25, 0.3) is 0 Å². The van der Waals surface area contributed by atoms with Gasteiger partial charge in [-0.25, -0.2) is 0 Å². The lowest BCUT2D eigenvalue weighted by Crippen LogP contribution is -2.42. The van der Waals surface area contributed by atoms with E-state index in [-0.39, 0.29) is 42.3 Å². The summed E-state index contributed by atoms with van der Waals surface area (Å²) in [6, 6.07) is 6.94. The van der Waals surface area contributed by atoms with E-state index in [1.165, 1.54) is 4.90 Å². The third-order valence-corrected chi connectivity index (χ3v) is 4.72. The summed E-state index contributed by atoms with van der Waals surface area (Å²) in [5.74, 6) is 0.834. The monoisotopic (exact) mass is 486 g/mol. The van der Waals surface area contributed by atoms with E-state index in [9.17, 15) is 9.59 Å². The van der Waals surface area contributed by atoms with Crippen LogP contribution in [0.2, 0.25) is 0 Å². The third-order valence-electron chi connectivity index (χ3n) is 4.72. The summed E-state index contributed by atoms with van der Waals surface area (Å²) in [5, 5.41) is 3.27. The molecule has 8 heteroatoms. The van der Waals surface area contributed by atoms with Crippen LogP contribution in [0.5, 0.6) is 0 Å². The van der Waals surface area contributed by atoms with Gasteiger partial charge in [0.2, 0.25) is 0 Å². The highest BCUT2D eigenvalue weighted by Gasteiger charge is 2.34. The lowest BCUT2D eigenvalue weighted by molar-refractivity contribution is 0.0659. The Kier molecular flexibility index (Phi) is 8.03. The molecule has 0 aromatic heterocycles. The molecule has 0 aliphatic carbocycles. The number of nitrogens with zero attached hydrogens (tertiary/aromatic N) is 3. The summed E-state index contributed by atoms with van der Waals surface area (Å²) in [5.41, 5.74) is 0.957. The molecule has 1 saturated heterocycles. The second-order valence-electron chi connectivity index (χ2n) is 6.65. The molecule has 1 N–H and O–H groups in total. The largest absolute Gasteiger partial charge is 0.381 e. The number of amides is 2. The Hall–Kier alpha value is -1.68. The fourth-order valence-corrected chi connectivity index (χ4v) is 3.37. The van der Waals surface area contributed by atoms with Crippen LogP contribution in [0.1, 0.15) is 34.1 Å². The minimum Gasteiger partial charge on any atom is -0.381 e. The number of rotatable bonds is 6. The summed E-state index contributed by atoms with van der Waals surface area (Å²) >= 11 is 0. The van der Waals surface area contributed by atoms with Gasteiger partial charge in [-0.15, -0.1) is 24.0 Å². The standard InChI is InChI=1S/C19H26N4O3.HI/c1-3-20-19(22(2)12-14-8-11-26-13-14)21-9-10-23-17(24)15-6-4-5-7-16(15)18(23)25;/h4-7,14H,3,8-13H2,1-2H3,(H,20,21);1H. The van der Waals surface area contributed by atoms with Gasteiger partial charge in [-0.2, -0.15) is 0 Å². The number of halogens is 1. The Morgan fingerprint density at radius 2 is 1.96 bits per heavy atom. The molecule has 2 aliphatic rings. The highest BCUT2D eigenvalue weighted by molar-refractivity contribution is 14.0. The van der Waals surface area contributed by atoms with E-state index in [2.05, 4.69) is 15.2 Å². The van der Waals surface area contributed by atoms with Gasteiger partial charge in [0.1, 0.15) is 0 Å². The molecule has 1 aromatic rings. The highest BCUT2D eigenvalue weighted by Crippen LogP contribution is 2.21. The van der Waals surface area contributed by atoms with Gasteiger partial charge in [0.25, 0.3) is 11.8 Å². The smallest absolute Gasteiger partial charge is 0.261 e. The van der Waals surface area contributed by atoms with Crippen molar-refractivity contribution in [3.8, 4) is 0 Å². The number of fused-ring (bicyclic) bond motifs is 1. The third kappa shape index (κ3) is 4.98. The van der Waals surface area contributed by atoms with E-state index in [4.69, 9.17) is 4.74 Å². The molecule has 0 bridgehead atoms. The number of hydrogen-bond acceptors (Lipinski definition) is 4. The lowest BCUT2D eigenvalue weighted by Gasteiger charge is -2.24. The maximum atomic E-state index is 12.4. The molecule has 1 unspecified atom stereocenters. The van der Waals surface area contributed by atoms with Gasteiger partial charge in [0.05, 0.1) is 24.3 Å². The maximum Gasteiger partial charge on any atom is 0.261 e. The van der Waals surface area contributed by atoms with E-state index in [0.29, 0.717) is 23.6 Å². The highest BCUT2D eigenvalue weighted by atomic mass is 127. The van der Waals surface area contributed by atoms with Crippen molar-refractivity contribution < 1.29 is 14.3 Å². The SMILES string of the molecule is CCNC(=NCCN1C(=O)c2ccccc2C1=O)N(C)CC1CCOC1.I. The Morgan fingerprint density at radius 1 is 1.30 bits per heavy atom. The fraction of sp³-hybridized carbons (Fsp3) is 0.526. The zero-order valence-electron chi connectivity index (χ0n) is 15.8. The molecule has 0 radical (unpaired) electrons. The number of aliphatic imine (C=N–C) groups is 1. The number of ether oxygens (including phenoxy) is 1. The zero-order valence-corrected chi connectivity index (χ0v) is 18.1. The number of imide groups is 1. The number of guanidine groups is 1. The Balaban J connectivity index is 0.00000261. The number of nitrogens with one attached hydrogen (secondary N) is 1. The Bertz CT molecular complexity index is 669. The van der Waals surface area contributed by atoms with Crippen molar-refractivity contribution in [3.63, 3.8) is 0 Å². The average Bonchev–Trinajstić information content (AvgIpc) is 3.23. The van der Waals surface area contributed by atoms with Crippen LogP contribution in [0.3, 0.4) is 0 Å². The first-order valence-electron chi connectivity index (χ1n) is 9.14. The first-order chi connectivity index (χ1) is 12.6. The molecular weight excluding hydrogens is 459 g/mol. The molecule has 148 valence electrons. The van der Waals surface area contributed by atoms with Gasteiger partial charge in [-0.05, 0) is 25.5 Å². The van der Waals surface area contributed by atoms with Crippen LogP contribution in [-0.4, -0.2) is 74.0 Å². The summed E-state index contributed by atoms with van der Waals surface area (Å²) < 4.78 is 5.43. The van der Waals surface area contributed by atoms with E-state index in [1.54, 1.807) is 24.3 Å². The van der Waals surface area contributed by atoms with Gasteiger partial charge < -0.3 is 15.0 Å². The molecule has 3 rings (SSSR count). The van der Waals surface area contributed by atoms with Crippen molar-refractivity contribution in [2.24, 2.45) is 10.9 Å². The molecule has 2 amide bonds. The van der Waals surface area contributed by atoms with Crippen LogP contribution in [-0.2, 0) is 4.74 Å². The van der Waals surface area contributed by atoms with Crippen LogP contribution < -0.4 is 5.32 Å². The van der Waals surface area contributed by atoms with Crippen molar-refractivity contribution in [3.05, 3.63) is 35.4 Å². The number of hydrogen-bond donors (Lipinski definition) is 1. The van der Waals surface area contributed by atoms with Gasteiger partial charge >= 0.3 is 0 Å².